The van der Waals surface area contributed by atoms with E-state index in [4.69, 9.17) is 21.1 Å². The molecule has 0 radical (unpaired) electrons. The van der Waals surface area contributed by atoms with Gasteiger partial charge in [0.1, 0.15) is 11.5 Å². The normalized spacial score (nSPS) is 16.4. The molecule has 1 aliphatic heterocycles. The lowest BCUT2D eigenvalue weighted by Crippen LogP contribution is -2.47. The summed E-state index contributed by atoms with van der Waals surface area (Å²) in [5.41, 5.74) is 1.93. The van der Waals surface area contributed by atoms with Gasteiger partial charge in [0.05, 0.1) is 26.0 Å². The van der Waals surface area contributed by atoms with Gasteiger partial charge in [-0.1, -0.05) is 23.7 Å². The SMILES string of the molecule is COc1ccc(N2CCN(CC(O)c3cccc(Cl)c3)CC2)c(OC)c1. The first kappa shape index (κ1) is 18.8. The number of anilines is 1. The summed E-state index contributed by atoms with van der Waals surface area (Å²) in [6, 6.07) is 13.3. The fourth-order valence-electron chi connectivity index (χ4n) is 3.28. The predicted molar refractivity (Wildman–Crippen MR) is 105 cm³/mol. The van der Waals surface area contributed by atoms with Gasteiger partial charge in [-0.05, 0) is 29.8 Å². The molecule has 1 unspecified atom stereocenters. The summed E-state index contributed by atoms with van der Waals surface area (Å²) in [6.45, 7) is 4.13. The fourth-order valence-corrected chi connectivity index (χ4v) is 3.48. The maximum Gasteiger partial charge on any atom is 0.145 e. The van der Waals surface area contributed by atoms with Crippen LogP contribution in [0.25, 0.3) is 0 Å². The minimum absolute atomic E-state index is 0.532. The zero-order valence-electron chi connectivity index (χ0n) is 15.2. The molecule has 1 aliphatic rings. The molecule has 2 aromatic rings. The Bertz CT molecular complexity index is 733. The molecule has 1 atom stereocenters. The molecule has 0 aliphatic carbocycles. The van der Waals surface area contributed by atoms with Gasteiger partial charge < -0.3 is 19.5 Å². The Hall–Kier alpha value is -1.95. The van der Waals surface area contributed by atoms with Crippen molar-refractivity contribution in [3.8, 4) is 11.5 Å². The first-order valence-corrected chi connectivity index (χ1v) is 9.11. The van der Waals surface area contributed by atoms with E-state index in [1.54, 1.807) is 14.2 Å². The fraction of sp³-hybridized carbons (Fsp3) is 0.400. The zero-order valence-corrected chi connectivity index (χ0v) is 15.9. The highest BCUT2D eigenvalue weighted by Gasteiger charge is 2.22. The van der Waals surface area contributed by atoms with Gasteiger partial charge in [-0.25, -0.2) is 0 Å². The molecular formula is C20H25ClN2O3. The zero-order chi connectivity index (χ0) is 18.5. The Morgan fingerprint density at radius 1 is 1.04 bits per heavy atom. The van der Waals surface area contributed by atoms with E-state index in [0.717, 1.165) is 48.9 Å². The van der Waals surface area contributed by atoms with Crippen molar-refractivity contribution in [2.45, 2.75) is 6.10 Å². The number of ether oxygens (including phenoxy) is 2. The number of benzene rings is 2. The molecule has 1 heterocycles. The van der Waals surface area contributed by atoms with E-state index < -0.39 is 6.10 Å². The summed E-state index contributed by atoms with van der Waals surface area (Å²) >= 11 is 6.02. The van der Waals surface area contributed by atoms with Gasteiger partial charge in [0.25, 0.3) is 0 Å². The van der Waals surface area contributed by atoms with E-state index in [0.29, 0.717) is 11.6 Å². The molecule has 1 fully saturated rings. The number of methoxy groups -OCH3 is 2. The van der Waals surface area contributed by atoms with E-state index >= 15 is 0 Å². The first-order chi connectivity index (χ1) is 12.6. The van der Waals surface area contributed by atoms with Crippen LogP contribution in [0.2, 0.25) is 5.02 Å². The van der Waals surface area contributed by atoms with E-state index in [2.05, 4.69) is 9.80 Å². The van der Waals surface area contributed by atoms with E-state index in [-0.39, 0.29) is 0 Å². The van der Waals surface area contributed by atoms with Crippen molar-refractivity contribution >= 4 is 17.3 Å². The minimum Gasteiger partial charge on any atom is -0.497 e. The third kappa shape index (κ3) is 4.41. The lowest BCUT2D eigenvalue weighted by atomic mass is 10.1. The molecular weight excluding hydrogens is 352 g/mol. The second kappa shape index (κ2) is 8.62. The van der Waals surface area contributed by atoms with Crippen LogP contribution in [0.3, 0.4) is 0 Å². The summed E-state index contributed by atoms with van der Waals surface area (Å²) in [5, 5.41) is 11.1. The molecule has 0 bridgehead atoms. The van der Waals surface area contributed by atoms with Crippen LogP contribution in [0.15, 0.2) is 42.5 Å². The molecule has 0 saturated carbocycles. The molecule has 6 heteroatoms. The molecule has 140 valence electrons. The standard InChI is InChI=1S/C20H25ClN2O3/c1-25-17-6-7-18(20(13-17)26-2)23-10-8-22(9-11-23)14-19(24)15-4-3-5-16(21)12-15/h3-7,12-13,19,24H,8-11,14H2,1-2H3. The lowest BCUT2D eigenvalue weighted by Gasteiger charge is -2.37. The molecule has 0 aromatic heterocycles. The molecule has 5 nitrogen and oxygen atoms in total. The monoisotopic (exact) mass is 376 g/mol. The van der Waals surface area contributed by atoms with Crippen LogP contribution in [0, 0.1) is 0 Å². The number of aliphatic hydroxyl groups excluding tert-OH is 1. The molecule has 1 saturated heterocycles. The smallest absolute Gasteiger partial charge is 0.145 e. The third-order valence-electron chi connectivity index (χ3n) is 4.76. The lowest BCUT2D eigenvalue weighted by molar-refractivity contribution is 0.109. The molecule has 26 heavy (non-hydrogen) atoms. The number of hydrogen-bond donors (Lipinski definition) is 1. The molecule has 3 rings (SSSR count). The number of β-amino-alcohol motifs (C(OH)–C–C–N with tert-alkyl or cyclic N) is 1. The number of nitrogens with zero attached hydrogens (tertiary/aromatic N) is 2. The van der Waals surface area contributed by atoms with Crippen LogP contribution in [0.4, 0.5) is 5.69 Å². The Morgan fingerprint density at radius 2 is 1.81 bits per heavy atom. The Morgan fingerprint density at radius 3 is 2.46 bits per heavy atom. The minimum atomic E-state index is -0.532. The van der Waals surface area contributed by atoms with Crippen molar-refractivity contribution < 1.29 is 14.6 Å². The Labute approximate surface area is 159 Å². The van der Waals surface area contributed by atoms with Gasteiger partial charge in [-0.15, -0.1) is 0 Å². The van der Waals surface area contributed by atoms with E-state index in [1.165, 1.54) is 0 Å². The van der Waals surface area contributed by atoms with Crippen molar-refractivity contribution in [2.75, 3.05) is 51.8 Å². The van der Waals surface area contributed by atoms with Crippen molar-refractivity contribution in [1.82, 2.24) is 4.90 Å². The quantitative estimate of drug-likeness (QED) is 0.838. The summed E-state index contributed by atoms with van der Waals surface area (Å²) in [5.74, 6) is 1.60. The van der Waals surface area contributed by atoms with Crippen LogP contribution in [0.1, 0.15) is 11.7 Å². The third-order valence-corrected chi connectivity index (χ3v) is 5.00. The second-order valence-corrected chi connectivity index (χ2v) is 6.83. The molecule has 0 spiro atoms. The van der Waals surface area contributed by atoms with Gasteiger partial charge in [0.2, 0.25) is 0 Å². The highest BCUT2D eigenvalue weighted by Crippen LogP contribution is 2.33. The first-order valence-electron chi connectivity index (χ1n) is 8.73. The average molecular weight is 377 g/mol. The summed E-state index contributed by atoms with van der Waals surface area (Å²) in [6.07, 6.45) is -0.532. The van der Waals surface area contributed by atoms with Crippen LogP contribution in [-0.2, 0) is 0 Å². The highest BCUT2D eigenvalue weighted by molar-refractivity contribution is 6.30. The number of piperazine rings is 1. The van der Waals surface area contributed by atoms with Crippen LogP contribution in [0.5, 0.6) is 11.5 Å². The average Bonchev–Trinajstić information content (AvgIpc) is 2.68. The Kier molecular flexibility index (Phi) is 6.25. The highest BCUT2D eigenvalue weighted by atomic mass is 35.5. The predicted octanol–water partition coefficient (Wildman–Crippen LogP) is 3.21. The summed E-state index contributed by atoms with van der Waals surface area (Å²) in [7, 11) is 3.33. The van der Waals surface area contributed by atoms with Crippen molar-refractivity contribution in [3.05, 3.63) is 53.1 Å². The largest absolute Gasteiger partial charge is 0.497 e. The number of hydrogen-bond acceptors (Lipinski definition) is 5. The number of aliphatic hydroxyl groups is 1. The molecule has 0 amide bonds. The van der Waals surface area contributed by atoms with Gasteiger partial charge in [0, 0.05) is 43.8 Å². The Balaban J connectivity index is 1.59. The van der Waals surface area contributed by atoms with Gasteiger partial charge in [-0.2, -0.15) is 0 Å². The van der Waals surface area contributed by atoms with Gasteiger partial charge in [-0.3, -0.25) is 4.90 Å². The van der Waals surface area contributed by atoms with Crippen LogP contribution >= 0.6 is 11.6 Å². The van der Waals surface area contributed by atoms with Crippen molar-refractivity contribution in [3.63, 3.8) is 0 Å². The maximum atomic E-state index is 10.5. The number of rotatable bonds is 6. The van der Waals surface area contributed by atoms with Crippen LogP contribution < -0.4 is 14.4 Å². The van der Waals surface area contributed by atoms with Gasteiger partial charge >= 0.3 is 0 Å². The van der Waals surface area contributed by atoms with E-state index in [9.17, 15) is 5.11 Å². The van der Waals surface area contributed by atoms with E-state index in [1.807, 2.05) is 42.5 Å². The maximum absolute atomic E-state index is 10.5. The summed E-state index contributed by atoms with van der Waals surface area (Å²) < 4.78 is 10.8. The summed E-state index contributed by atoms with van der Waals surface area (Å²) in [4.78, 5) is 4.58. The molecule has 1 N–H and O–H groups in total. The second-order valence-electron chi connectivity index (χ2n) is 6.40. The number of halogens is 1. The molecule has 2 aromatic carbocycles. The van der Waals surface area contributed by atoms with Crippen molar-refractivity contribution in [1.29, 1.82) is 0 Å². The topological polar surface area (TPSA) is 45.2 Å². The van der Waals surface area contributed by atoms with Crippen LogP contribution in [-0.4, -0.2) is 56.9 Å². The van der Waals surface area contributed by atoms with Crippen molar-refractivity contribution in [2.24, 2.45) is 0 Å². The van der Waals surface area contributed by atoms with Gasteiger partial charge in [0.15, 0.2) is 0 Å².